The van der Waals surface area contributed by atoms with Crippen LogP contribution in [0, 0.1) is 13.8 Å². The smallest absolute Gasteiger partial charge is 0.0670 e. The van der Waals surface area contributed by atoms with Gasteiger partial charge in [0.25, 0.3) is 0 Å². The van der Waals surface area contributed by atoms with Gasteiger partial charge in [-0.05, 0) is 26.5 Å². The monoisotopic (exact) mass is 208 g/mol. The lowest BCUT2D eigenvalue weighted by atomic mass is 10.1. The Bertz CT molecular complexity index is 331. The zero-order valence-corrected chi connectivity index (χ0v) is 9.80. The maximum atomic E-state index is 4.35. The summed E-state index contributed by atoms with van der Waals surface area (Å²) in [6, 6.07) is 0.546. The molecule has 4 nitrogen and oxygen atoms in total. The van der Waals surface area contributed by atoms with Crippen molar-refractivity contribution in [3.63, 3.8) is 0 Å². The fraction of sp³-hybridized carbons (Fsp3) is 0.727. The maximum Gasteiger partial charge on any atom is 0.0670 e. The molecule has 0 bridgehead atoms. The van der Waals surface area contributed by atoms with Gasteiger partial charge in [0.15, 0.2) is 0 Å². The van der Waals surface area contributed by atoms with E-state index in [4.69, 9.17) is 0 Å². The second-order valence-electron chi connectivity index (χ2n) is 4.54. The van der Waals surface area contributed by atoms with Crippen molar-refractivity contribution in [2.24, 2.45) is 0 Å². The molecule has 1 unspecified atom stereocenters. The minimum atomic E-state index is 0.546. The first-order chi connectivity index (χ1) is 7.16. The van der Waals surface area contributed by atoms with E-state index in [1.165, 1.54) is 17.0 Å². The van der Waals surface area contributed by atoms with Gasteiger partial charge in [0.05, 0.1) is 5.69 Å². The highest BCUT2D eigenvalue weighted by Crippen LogP contribution is 2.11. The molecule has 2 N–H and O–H groups in total. The number of nitrogens with zero attached hydrogens (tertiary/aromatic N) is 2. The average Bonchev–Trinajstić information content (AvgIpc) is 2.50. The molecule has 0 aromatic carbocycles. The number of aromatic amines is 1. The number of aromatic nitrogens is 2. The molecule has 1 fully saturated rings. The predicted octanol–water partition coefficient (Wildman–Crippen LogP) is 0.473. The number of nitrogens with one attached hydrogen (secondary N) is 2. The summed E-state index contributed by atoms with van der Waals surface area (Å²) < 4.78 is 0. The Hall–Kier alpha value is -0.870. The van der Waals surface area contributed by atoms with Crippen LogP contribution in [0.3, 0.4) is 0 Å². The van der Waals surface area contributed by atoms with Gasteiger partial charge in [0.1, 0.15) is 0 Å². The molecule has 1 aromatic rings. The summed E-state index contributed by atoms with van der Waals surface area (Å²) >= 11 is 0. The molecule has 15 heavy (non-hydrogen) atoms. The largest absolute Gasteiger partial charge is 0.311 e. The van der Waals surface area contributed by atoms with Crippen molar-refractivity contribution in [3.8, 4) is 0 Å². The van der Waals surface area contributed by atoms with Gasteiger partial charge in [-0.2, -0.15) is 5.10 Å². The first-order valence-electron chi connectivity index (χ1n) is 5.59. The van der Waals surface area contributed by atoms with Gasteiger partial charge in [0, 0.05) is 37.8 Å². The molecule has 0 amide bonds. The summed E-state index contributed by atoms with van der Waals surface area (Å²) in [5, 5.41) is 10.9. The molecule has 0 spiro atoms. The Morgan fingerprint density at radius 3 is 2.87 bits per heavy atom. The van der Waals surface area contributed by atoms with Gasteiger partial charge in [-0.1, -0.05) is 0 Å². The van der Waals surface area contributed by atoms with Crippen molar-refractivity contribution >= 4 is 0 Å². The highest BCUT2D eigenvalue weighted by Gasteiger charge is 2.18. The second-order valence-corrected chi connectivity index (χ2v) is 4.54. The molecule has 1 aliphatic heterocycles. The quantitative estimate of drug-likeness (QED) is 0.742. The molecule has 1 atom stereocenters. The van der Waals surface area contributed by atoms with Gasteiger partial charge in [-0.3, -0.25) is 5.10 Å². The van der Waals surface area contributed by atoms with E-state index < -0.39 is 0 Å². The molecular formula is C11H20N4. The summed E-state index contributed by atoms with van der Waals surface area (Å²) in [5.41, 5.74) is 3.71. The van der Waals surface area contributed by atoms with Gasteiger partial charge in [-0.25, -0.2) is 0 Å². The SMILES string of the molecule is Cc1[nH]nc(CC2CN(C)CCN2)c1C. The molecule has 1 saturated heterocycles. The van der Waals surface area contributed by atoms with Crippen molar-refractivity contribution in [2.45, 2.75) is 26.3 Å². The Morgan fingerprint density at radius 1 is 1.47 bits per heavy atom. The summed E-state index contributed by atoms with van der Waals surface area (Å²) in [6.07, 6.45) is 1.03. The van der Waals surface area contributed by atoms with Crippen LogP contribution in [-0.4, -0.2) is 47.8 Å². The minimum absolute atomic E-state index is 0.546. The standard InChI is InChI=1S/C11H20N4/c1-8-9(2)13-14-11(8)6-10-7-15(3)5-4-12-10/h10,12H,4-7H2,1-3H3,(H,13,14). The normalized spacial score (nSPS) is 23.3. The third-order valence-electron chi connectivity index (χ3n) is 3.25. The van der Waals surface area contributed by atoms with Crippen molar-refractivity contribution in [3.05, 3.63) is 17.0 Å². The molecule has 1 aromatic heterocycles. The van der Waals surface area contributed by atoms with Gasteiger partial charge >= 0.3 is 0 Å². The first kappa shape index (κ1) is 10.6. The van der Waals surface area contributed by atoms with Crippen molar-refractivity contribution in [1.82, 2.24) is 20.4 Å². The van der Waals surface area contributed by atoms with Crippen LogP contribution in [0.2, 0.25) is 0 Å². The molecule has 0 saturated carbocycles. The lowest BCUT2D eigenvalue weighted by molar-refractivity contribution is 0.237. The van der Waals surface area contributed by atoms with E-state index in [9.17, 15) is 0 Å². The van der Waals surface area contributed by atoms with Crippen LogP contribution >= 0.6 is 0 Å². The van der Waals surface area contributed by atoms with Crippen LogP contribution in [0.5, 0.6) is 0 Å². The molecule has 2 rings (SSSR count). The molecule has 1 aliphatic rings. The van der Waals surface area contributed by atoms with E-state index in [-0.39, 0.29) is 0 Å². The third-order valence-corrected chi connectivity index (χ3v) is 3.25. The molecule has 0 aliphatic carbocycles. The van der Waals surface area contributed by atoms with Crippen molar-refractivity contribution in [1.29, 1.82) is 0 Å². The number of piperazine rings is 1. The Kier molecular flexibility index (Phi) is 3.07. The highest BCUT2D eigenvalue weighted by molar-refractivity contribution is 5.23. The van der Waals surface area contributed by atoms with E-state index in [1.807, 2.05) is 0 Å². The summed E-state index contributed by atoms with van der Waals surface area (Å²) in [4.78, 5) is 2.37. The van der Waals surface area contributed by atoms with Gasteiger partial charge in [-0.15, -0.1) is 0 Å². The predicted molar refractivity (Wildman–Crippen MR) is 61.1 cm³/mol. The Labute approximate surface area is 91.1 Å². The van der Waals surface area contributed by atoms with E-state index in [2.05, 4.69) is 41.3 Å². The molecular weight excluding hydrogens is 188 g/mol. The lowest BCUT2D eigenvalue weighted by Crippen LogP contribution is -2.50. The summed E-state index contributed by atoms with van der Waals surface area (Å²) in [6.45, 7) is 7.57. The maximum absolute atomic E-state index is 4.35. The van der Waals surface area contributed by atoms with Crippen molar-refractivity contribution < 1.29 is 0 Å². The van der Waals surface area contributed by atoms with Crippen LogP contribution in [0.25, 0.3) is 0 Å². The highest BCUT2D eigenvalue weighted by atomic mass is 15.2. The van der Waals surface area contributed by atoms with Crippen LogP contribution in [-0.2, 0) is 6.42 Å². The number of aryl methyl sites for hydroxylation is 1. The van der Waals surface area contributed by atoms with Crippen LogP contribution in [0.15, 0.2) is 0 Å². The van der Waals surface area contributed by atoms with Crippen molar-refractivity contribution in [2.75, 3.05) is 26.7 Å². The number of rotatable bonds is 2. The fourth-order valence-electron chi connectivity index (χ4n) is 2.10. The Morgan fingerprint density at radius 2 is 2.27 bits per heavy atom. The fourth-order valence-corrected chi connectivity index (χ4v) is 2.10. The minimum Gasteiger partial charge on any atom is -0.311 e. The molecule has 2 heterocycles. The third kappa shape index (κ3) is 2.38. The van der Waals surface area contributed by atoms with Crippen LogP contribution in [0.1, 0.15) is 17.0 Å². The van der Waals surface area contributed by atoms with E-state index in [0.717, 1.165) is 26.1 Å². The molecule has 84 valence electrons. The number of hydrogen-bond acceptors (Lipinski definition) is 3. The number of H-pyrrole nitrogens is 1. The Balaban J connectivity index is 1.99. The lowest BCUT2D eigenvalue weighted by Gasteiger charge is -2.30. The first-order valence-corrected chi connectivity index (χ1v) is 5.59. The number of likely N-dealkylation sites (N-methyl/N-ethyl adjacent to an activating group) is 1. The summed E-state index contributed by atoms with van der Waals surface area (Å²) in [5.74, 6) is 0. The van der Waals surface area contributed by atoms with E-state index in [0.29, 0.717) is 6.04 Å². The second kappa shape index (κ2) is 4.33. The van der Waals surface area contributed by atoms with Gasteiger partial charge in [0.2, 0.25) is 0 Å². The topological polar surface area (TPSA) is 44.0 Å². The van der Waals surface area contributed by atoms with Crippen LogP contribution < -0.4 is 5.32 Å². The summed E-state index contributed by atoms with van der Waals surface area (Å²) in [7, 11) is 2.18. The zero-order chi connectivity index (χ0) is 10.8. The van der Waals surface area contributed by atoms with Gasteiger partial charge < -0.3 is 10.2 Å². The molecule has 0 radical (unpaired) electrons. The van der Waals surface area contributed by atoms with Crippen LogP contribution in [0.4, 0.5) is 0 Å². The average molecular weight is 208 g/mol. The van der Waals surface area contributed by atoms with E-state index >= 15 is 0 Å². The zero-order valence-electron chi connectivity index (χ0n) is 9.80. The van der Waals surface area contributed by atoms with E-state index in [1.54, 1.807) is 0 Å². The molecule has 4 heteroatoms. The number of hydrogen-bond donors (Lipinski definition) is 2.